The largest absolute Gasteiger partial charge is 0.448 e. The molecule has 11 nitrogen and oxygen atoms in total. The summed E-state index contributed by atoms with van der Waals surface area (Å²) in [5, 5.41) is 16.6. The number of fused-ring (bicyclic) bond motifs is 1. The molecule has 0 saturated carbocycles. The second-order valence-corrected chi connectivity index (χ2v) is 16.0. The fraction of sp³-hybridized carbons (Fsp3) is 0.219. The SMILES string of the molecule is Cc1nnc(SCC2=C(C(=O)OC(c3ccccc3)c3ccccc3)N3C(=O)[C@@H](NC(=O)C(=NOC(=O)C(Cl)Cl)c4cccs4)[C@@H]3SC2)s1. The van der Waals surface area contributed by atoms with E-state index in [2.05, 4.69) is 20.7 Å². The van der Waals surface area contributed by atoms with Crippen molar-refractivity contribution in [3.05, 3.63) is 110 Å². The minimum absolute atomic E-state index is 0.126. The smallest absolute Gasteiger partial charge is 0.367 e. The maximum atomic E-state index is 14.2. The van der Waals surface area contributed by atoms with Crippen molar-refractivity contribution in [2.24, 2.45) is 5.16 Å². The zero-order valence-corrected chi connectivity index (χ0v) is 30.1. The van der Waals surface area contributed by atoms with Gasteiger partial charge in [0, 0.05) is 11.5 Å². The van der Waals surface area contributed by atoms with E-state index in [9.17, 15) is 19.2 Å². The minimum Gasteiger partial charge on any atom is -0.448 e. The van der Waals surface area contributed by atoms with Gasteiger partial charge in [-0.3, -0.25) is 14.5 Å². The molecule has 252 valence electrons. The van der Waals surface area contributed by atoms with E-state index in [1.54, 1.807) is 17.5 Å². The Balaban J connectivity index is 1.27. The number of hydrogen-bond donors (Lipinski definition) is 1. The van der Waals surface area contributed by atoms with E-state index in [4.69, 9.17) is 32.8 Å². The average molecular weight is 775 g/mol. The van der Waals surface area contributed by atoms with Crippen LogP contribution in [0.25, 0.3) is 0 Å². The molecule has 6 rings (SSSR count). The molecule has 1 N–H and O–H groups in total. The van der Waals surface area contributed by atoms with Gasteiger partial charge in [0.05, 0.1) is 4.88 Å². The Kier molecular flexibility index (Phi) is 11.4. The van der Waals surface area contributed by atoms with Crippen LogP contribution in [0, 0.1) is 6.92 Å². The van der Waals surface area contributed by atoms with Crippen molar-refractivity contribution in [2.45, 2.75) is 33.6 Å². The first-order valence-electron chi connectivity index (χ1n) is 14.5. The number of carbonyl (C=O) groups excluding carboxylic acids is 4. The van der Waals surface area contributed by atoms with Crippen LogP contribution in [-0.2, 0) is 28.8 Å². The van der Waals surface area contributed by atoms with Gasteiger partial charge in [0.2, 0.25) is 4.84 Å². The lowest BCUT2D eigenvalue weighted by molar-refractivity contribution is -0.154. The minimum atomic E-state index is -1.51. The summed E-state index contributed by atoms with van der Waals surface area (Å²) < 4.78 is 6.95. The van der Waals surface area contributed by atoms with Crippen LogP contribution in [0.4, 0.5) is 0 Å². The lowest BCUT2D eigenvalue weighted by Gasteiger charge is -2.49. The van der Waals surface area contributed by atoms with Crippen LogP contribution < -0.4 is 5.32 Å². The Morgan fingerprint density at radius 2 is 1.73 bits per heavy atom. The van der Waals surface area contributed by atoms with Gasteiger partial charge in [-0.15, -0.1) is 33.3 Å². The number of rotatable bonds is 12. The number of β-lactam (4-membered cyclic amide) rings is 1. The highest BCUT2D eigenvalue weighted by atomic mass is 35.5. The number of ether oxygens (including phenoxy) is 1. The van der Waals surface area contributed by atoms with Crippen molar-refractivity contribution in [3.63, 3.8) is 0 Å². The van der Waals surface area contributed by atoms with E-state index < -0.39 is 46.1 Å². The third kappa shape index (κ3) is 8.03. The van der Waals surface area contributed by atoms with Crippen LogP contribution in [0.2, 0.25) is 0 Å². The Labute approximate surface area is 307 Å². The van der Waals surface area contributed by atoms with E-state index in [0.717, 1.165) is 20.5 Å². The molecule has 0 aliphatic carbocycles. The molecule has 49 heavy (non-hydrogen) atoms. The van der Waals surface area contributed by atoms with Crippen LogP contribution in [0.5, 0.6) is 0 Å². The van der Waals surface area contributed by atoms with Gasteiger partial charge in [-0.05, 0) is 35.1 Å². The maximum Gasteiger partial charge on any atom is 0.367 e. The van der Waals surface area contributed by atoms with Gasteiger partial charge in [0.25, 0.3) is 11.8 Å². The van der Waals surface area contributed by atoms with Crippen molar-refractivity contribution in [1.82, 2.24) is 20.4 Å². The number of benzene rings is 2. The summed E-state index contributed by atoms with van der Waals surface area (Å²) in [5.74, 6) is -2.26. The van der Waals surface area contributed by atoms with Gasteiger partial charge in [0.15, 0.2) is 16.2 Å². The number of nitrogens with zero attached hydrogens (tertiary/aromatic N) is 4. The molecule has 17 heteroatoms. The molecule has 2 aliphatic rings. The van der Waals surface area contributed by atoms with E-state index in [0.29, 0.717) is 22.0 Å². The molecule has 1 saturated heterocycles. The Morgan fingerprint density at radius 1 is 1.04 bits per heavy atom. The number of thiophene rings is 1. The topological polar surface area (TPSA) is 140 Å². The Morgan fingerprint density at radius 3 is 2.33 bits per heavy atom. The van der Waals surface area contributed by atoms with Crippen LogP contribution in [0.1, 0.15) is 27.1 Å². The zero-order chi connectivity index (χ0) is 34.5. The summed E-state index contributed by atoms with van der Waals surface area (Å²) in [7, 11) is 0. The molecule has 0 bridgehead atoms. The van der Waals surface area contributed by atoms with Crippen LogP contribution in [-0.4, -0.2) is 72.3 Å². The van der Waals surface area contributed by atoms with Crippen molar-refractivity contribution in [1.29, 1.82) is 0 Å². The first-order chi connectivity index (χ1) is 23.7. The number of amides is 2. The predicted molar refractivity (Wildman–Crippen MR) is 191 cm³/mol. The molecule has 0 radical (unpaired) electrons. The van der Waals surface area contributed by atoms with Gasteiger partial charge in [0.1, 0.15) is 22.1 Å². The first kappa shape index (κ1) is 35.1. The highest BCUT2D eigenvalue weighted by Crippen LogP contribution is 2.43. The van der Waals surface area contributed by atoms with Crippen LogP contribution >= 0.6 is 69.4 Å². The number of esters is 1. The van der Waals surface area contributed by atoms with Crippen LogP contribution in [0.3, 0.4) is 0 Å². The summed E-state index contributed by atoms with van der Waals surface area (Å²) in [4.78, 5) is 58.4. The summed E-state index contributed by atoms with van der Waals surface area (Å²) in [5.41, 5.74) is 2.10. The van der Waals surface area contributed by atoms with E-state index in [-0.39, 0.29) is 11.4 Å². The molecule has 2 amide bonds. The lowest BCUT2D eigenvalue weighted by atomic mass is 10.0. The molecule has 4 aromatic rings. The quantitative estimate of drug-likeness (QED) is 0.0361. The number of aryl methyl sites for hydroxylation is 1. The maximum absolute atomic E-state index is 14.2. The third-order valence-corrected chi connectivity index (χ3v) is 11.8. The standard InChI is InChI=1S/C32H25Cl2N5O6S4/c1-17-36-37-32(49-17)48-16-20-15-47-29-23(35-27(40)22(21-13-8-14-46-21)38-45-31(43)26(33)34)28(41)39(29)24(20)30(42)44-25(18-9-4-2-5-10-18)19-11-6-3-7-12-19/h2-14,23,25-26,29H,15-16H2,1H3,(H,35,40)/t23-,29+/m1/s1. The molecule has 0 spiro atoms. The molecular weight excluding hydrogens is 750 g/mol. The fourth-order valence-electron chi connectivity index (χ4n) is 4.97. The second kappa shape index (κ2) is 15.9. The van der Waals surface area contributed by atoms with Gasteiger partial charge in [-0.1, -0.05) is 118 Å². The van der Waals surface area contributed by atoms with Crippen molar-refractivity contribution >= 4 is 98.9 Å². The first-order valence-corrected chi connectivity index (χ1v) is 19.1. The summed E-state index contributed by atoms with van der Waals surface area (Å²) in [6.07, 6.45) is -0.741. The van der Waals surface area contributed by atoms with E-state index in [1.165, 1.54) is 51.1 Å². The number of hydrogen-bond acceptors (Lipinski definition) is 13. The molecule has 1 fully saturated rings. The van der Waals surface area contributed by atoms with Gasteiger partial charge < -0.3 is 14.9 Å². The van der Waals surface area contributed by atoms with Crippen molar-refractivity contribution in [3.8, 4) is 0 Å². The number of aromatic nitrogens is 2. The average Bonchev–Trinajstić information content (AvgIpc) is 3.81. The molecule has 2 atom stereocenters. The van der Waals surface area contributed by atoms with Gasteiger partial charge in [-0.25, -0.2) is 9.59 Å². The third-order valence-electron chi connectivity index (χ3n) is 7.21. The number of carbonyl (C=O) groups is 4. The highest BCUT2D eigenvalue weighted by molar-refractivity contribution is 8.01. The van der Waals surface area contributed by atoms with Crippen molar-refractivity contribution < 1.29 is 28.8 Å². The number of halogens is 2. The molecule has 2 aromatic carbocycles. The number of nitrogens with one attached hydrogen (secondary N) is 1. The number of oxime groups is 1. The summed E-state index contributed by atoms with van der Waals surface area (Å²) >= 11 is 16.5. The molecule has 2 aromatic heterocycles. The van der Waals surface area contributed by atoms with E-state index in [1.807, 2.05) is 67.6 Å². The normalized spacial score (nSPS) is 17.5. The molecule has 0 unspecified atom stereocenters. The van der Waals surface area contributed by atoms with Crippen molar-refractivity contribution in [2.75, 3.05) is 11.5 Å². The Hall–Kier alpha value is -3.73. The van der Waals surface area contributed by atoms with Gasteiger partial charge >= 0.3 is 11.9 Å². The zero-order valence-electron chi connectivity index (χ0n) is 25.4. The van der Waals surface area contributed by atoms with Crippen LogP contribution in [0.15, 0.2) is 98.9 Å². The van der Waals surface area contributed by atoms with E-state index >= 15 is 0 Å². The summed E-state index contributed by atoms with van der Waals surface area (Å²) in [6, 6.07) is 21.0. The van der Waals surface area contributed by atoms with Gasteiger partial charge in [-0.2, -0.15) is 0 Å². The molecular formula is C32H25Cl2N5O6S4. The highest BCUT2D eigenvalue weighted by Gasteiger charge is 2.55. The monoisotopic (exact) mass is 773 g/mol. The predicted octanol–water partition coefficient (Wildman–Crippen LogP) is 5.74. The summed E-state index contributed by atoms with van der Waals surface area (Å²) in [6.45, 7) is 1.86. The second-order valence-electron chi connectivity index (χ2n) is 10.4. The Bertz CT molecular complexity index is 1870. The number of thioether (sulfide) groups is 2. The lowest BCUT2D eigenvalue weighted by Crippen LogP contribution is -2.71. The number of alkyl halides is 2. The molecule has 2 aliphatic heterocycles. The molecule has 4 heterocycles. The fourth-order valence-corrected chi connectivity index (χ4v) is 9.05.